The molecule has 0 heterocycles. The second-order valence-electron chi connectivity index (χ2n) is 3.22. The maximum Gasteiger partial charge on any atom is 0.323 e. The number of rotatable bonds is 5. The summed E-state index contributed by atoms with van der Waals surface area (Å²) in [7, 11) is 0. The number of halogens is 1. The molecule has 2 N–H and O–H groups in total. The lowest BCUT2D eigenvalue weighted by molar-refractivity contribution is -0.146. The minimum atomic E-state index is -0.605. The molecule has 0 spiro atoms. The normalized spacial score (nSPS) is 11.1. The van der Waals surface area contributed by atoms with Crippen LogP contribution in [-0.4, -0.2) is 12.0 Å². The molecule has 88 valence electrons. The lowest BCUT2D eigenvalue weighted by Gasteiger charge is -2.09. The van der Waals surface area contributed by atoms with E-state index < -0.39 is 12.0 Å². The van der Waals surface area contributed by atoms with Gasteiger partial charge in [-0.2, -0.15) is 0 Å². The summed E-state index contributed by atoms with van der Waals surface area (Å²) in [5.74, 6) is -0.390. The van der Waals surface area contributed by atoms with E-state index >= 15 is 0 Å². The summed E-state index contributed by atoms with van der Waals surface area (Å²) in [5, 5.41) is 0. The minimum Gasteiger partial charge on any atom is -0.460 e. The standard InChI is InChI=1S/C12H15NO2.ClH/c1-2-6-11(13)12(14)15-9-10-7-4-3-5-8-10;/h2-5,7-8,11H,1,6,9,13H2;1H. The molecule has 1 rings (SSSR count). The highest BCUT2D eigenvalue weighted by atomic mass is 35.5. The fourth-order valence-electron chi connectivity index (χ4n) is 1.11. The first-order chi connectivity index (χ1) is 7.24. The molecule has 0 radical (unpaired) electrons. The van der Waals surface area contributed by atoms with Crippen molar-refractivity contribution < 1.29 is 9.53 Å². The lowest BCUT2D eigenvalue weighted by Crippen LogP contribution is -2.31. The van der Waals surface area contributed by atoms with E-state index in [9.17, 15) is 4.79 Å². The largest absolute Gasteiger partial charge is 0.460 e. The van der Waals surface area contributed by atoms with Crippen LogP contribution >= 0.6 is 12.4 Å². The molecule has 0 bridgehead atoms. The van der Waals surface area contributed by atoms with Crippen LogP contribution in [-0.2, 0) is 16.1 Å². The van der Waals surface area contributed by atoms with Crippen LogP contribution in [0.25, 0.3) is 0 Å². The Morgan fingerprint density at radius 1 is 1.44 bits per heavy atom. The van der Waals surface area contributed by atoms with Crippen molar-refractivity contribution in [2.45, 2.75) is 19.1 Å². The Bertz CT molecular complexity index is 327. The van der Waals surface area contributed by atoms with Crippen molar-refractivity contribution in [3.63, 3.8) is 0 Å². The SMILES string of the molecule is C=CCC(N)C(=O)OCc1ccccc1.Cl. The van der Waals surface area contributed by atoms with Crippen molar-refractivity contribution >= 4 is 18.4 Å². The van der Waals surface area contributed by atoms with Gasteiger partial charge >= 0.3 is 5.97 Å². The maximum absolute atomic E-state index is 11.3. The topological polar surface area (TPSA) is 52.3 Å². The summed E-state index contributed by atoms with van der Waals surface area (Å²) in [6, 6.07) is 8.89. The molecule has 0 aliphatic carbocycles. The third-order valence-corrected chi connectivity index (χ3v) is 1.95. The summed E-state index contributed by atoms with van der Waals surface area (Å²) in [6.45, 7) is 3.78. The van der Waals surface area contributed by atoms with Gasteiger partial charge in [-0.25, -0.2) is 0 Å². The van der Waals surface area contributed by atoms with Crippen LogP contribution in [0.4, 0.5) is 0 Å². The average molecular weight is 242 g/mol. The fraction of sp³-hybridized carbons (Fsp3) is 0.250. The van der Waals surface area contributed by atoms with Gasteiger partial charge in [0.2, 0.25) is 0 Å². The first-order valence-electron chi connectivity index (χ1n) is 4.81. The molecule has 0 amide bonds. The molecule has 16 heavy (non-hydrogen) atoms. The van der Waals surface area contributed by atoms with Crippen LogP contribution in [0.5, 0.6) is 0 Å². The van der Waals surface area contributed by atoms with Gasteiger partial charge in [0, 0.05) is 0 Å². The lowest BCUT2D eigenvalue weighted by atomic mass is 10.2. The summed E-state index contributed by atoms with van der Waals surface area (Å²) in [4.78, 5) is 11.3. The molecule has 0 saturated carbocycles. The van der Waals surface area contributed by atoms with Crippen molar-refractivity contribution in [2.75, 3.05) is 0 Å². The Balaban J connectivity index is 0.00000225. The highest BCUT2D eigenvalue weighted by molar-refractivity contribution is 5.85. The van der Waals surface area contributed by atoms with Crippen molar-refractivity contribution in [1.29, 1.82) is 0 Å². The zero-order valence-corrected chi connectivity index (χ0v) is 9.78. The molecule has 1 aromatic rings. The third-order valence-electron chi connectivity index (χ3n) is 1.95. The minimum absolute atomic E-state index is 0. The summed E-state index contributed by atoms with van der Waals surface area (Å²) < 4.78 is 5.03. The number of carbonyl (C=O) groups is 1. The number of ether oxygens (including phenoxy) is 1. The number of nitrogens with two attached hydrogens (primary N) is 1. The molecule has 1 atom stereocenters. The van der Waals surface area contributed by atoms with E-state index in [4.69, 9.17) is 10.5 Å². The zero-order valence-electron chi connectivity index (χ0n) is 8.96. The van der Waals surface area contributed by atoms with E-state index in [-0.39, 0.29) is 19.0 Å². The van der Waals surface area contributed by atoms with Crippen LogP contribution in [0.2, 0.25) is 0 Å². The van der Waals surface area contributed by atoms with Gasteiger partial charge in [-0.3, -0.25) is 4.79 Å². The van der Waals surface area contributed by atoms with Crippen molar-refractivity contribution in [1.82, 2.24) is 0 Å². The summed E-state index contributed by atoms with van der Waals surface area (Å²) in [6.07, 6.45) is 2.04. The van der Waals surface area contributed by atoms with E-state index in [0.717, 1.165) is 5.56 Å². The van der Waals surface area contributed by atoms with Gasteiger partial charge in [0.05, 0.1) is 0 Å². The van der Waals surface area contributed by atoms with E-state index in [2.05, 4.69) is 6.58 Å². The van der Waals surface area contributed by atoms with Gasteiger partial charge in [-0.1, -0.05) is 36.4 Å². The Morgan fingerprint density at radius 2 is 2.06 bits per heavy atom. The Labute approximate surface area is 102 Å². The molecule has 0 fully saturated rings. The molecule has 1 unspecified atom stereocenters. The molecule has 1 aromatic carbocycles. The molecule has 4 heteroatoms. The van der Waals surface area contributed by atoms with Crippen LogP contribution in [0.3, 0.4) is 0 Å². The van der Waals surface area contributed by atoms with Crippen LogP contribution in [0.1, 0.15) is 12.0 Å². The van der Waals surface area contributed by atoms with Crippen molar-refractivity contribution in [3.05, 3.63) is 48.6 Å². The van der Waals surface area contributed by atoms with E-state index in [0.29, 0.717) is 6.42 Å². The molecular weight excluding hydrogens is 226 g/mol. The number of hydrogen-bond donors (Lipinski definition) is 1. The number of carbonyl (C=O) groups excluding carboxylic acids is 1. The van der Waals surface area contributed by atoms with Gasteiger partial charge in [0.15, 0.2) is 0 Å². The molecule has 0 aliphatic rings. The van der Waals surface area contributed by atoms with Gasteiger partial charge in [-0.05, 0) is 12.0 Å². The number of benzene rings is 1. The highest BCUT2D eigenvalue weighted by Crippen LogP contribution is 2.02. The monoisotopic (exact) mass is 241 g/mol. The Morgan fingerprint density at radius 3 is 2.62 bits per heavy atom. The van der Waals surface area contributed by atoms with E-state index in [1.54, 1.807) is 6.08 Å². The van der Waals surface area contributed by atoms with Crippen LogP contribution in [0.15, 0.2) is 43.0 Å². The molecule has 0 aromatic heterocycles. The van der Waals surface area contributed by atoms with Crippen molar-refractivity contribution in [3.8, 4) is 0 Å². The molecule has 0 saturated heterocycles. The highest BCUT2D eigenvalue weighted by Gasteiger charge is 2.12. The van der Waals surface area contributed by atoms with Gasteiger partial charge in [-0.15, -0.1) is 19.0 Å². The fourth-order valence-corrected chi connectivity index (χ4v) is 1.11. The summed E-state index contributed by atoms with van der Waals surface area (Å²) in [5.41, 5.74) is 6.50. The average Bonchev–Trinajstić information content (AvgIpc) is 2.27. The second kappa shape index (κ2) is 7.91. The predicted octanol–water partition coefficient (Wildman–Crippen LogP) is 2.06. The van der Waals surface area contributed by atoms with E-state index in [1.165, 1.54) is 0 Å². The van der Waals surface area contributed by atoms with Gasteiger partial charge in [0.1, 0.15) is 12.6 Å². The second-order valence-corrected chi connectivity index (χ2v) is 3.22. The molecule has 0 aliphatic heterocycles. The first-order valence-corrected chi connectivity index (χ1v) is 4.81. The third kappa shape index (κ3) is 4.96. The zero-order chi connectivity index (χ0) is 11.1. The predicted molar refractivity (Wildman–Crippen MR) is 66.3 cm³/mol. The first kappa shape index (κ1) is 14.7. The number of esters is 1. The smallest absolute Gasteiger partial charge is 0.323 e. The van der Waals surface area contributed by atoms with E-state index in [1.807, 2.05) is 30.3 Å². The van der Waals surface area contributed by atoms with Crippen LogP contribution in [0, 0.1) is 0 Å². The van der Waals surface area contributed by atoms with Crippen molar-refractivity contribution in [2.24, 2.45) is 5.73 Å². The van der Waals surface area contributed by atoms with Gasteiger partial charge in [0.25, 0.3) is 0 Å². The number of hydrogen-bond acceptors (Lipinski definition) is 3. The van der Waals surface area contributed by atoms with Crippen LogP contribution < -0.4 is 5.73 Å². The Kier molecular flexibility index (Phi) is 7.25. The quantitative estimate of drug-likeness (QED) is 0.634. The Hall–Kier alpha value is -1.32. The molecular formula is C12H16ClNO2. The maximum atomic E-state index is 11.3. The summed E-state index contributed by atoms with van der Waals surface area (Å²) >= 11 is 0. The molecule has 3 nitrogen and oxygen atoms in total. The van der Waals surface area contributed by atoms with Gasteiger partial charge < -0.3 is 10.5 Å².